The number of para-hydroxylation sites is 1. The van der Waals surface area contributed by atoms with Crippen LogP contribution in [0.3, 0.4) is 0 Å². The van der Waals surface area contributed by atoms with Gasteiger partial charge in [-0.3, -0.25) is 0 Å². The van der Waals surface area contributed by atoms with E-state index >= 15 is 0 Å². The van der Waals surface area contributed by atoms with E-state index in [0.717, 1.165) is 36.1 Å². The molecule has 0 saturated carbocycles. The van der Waals surface area contributed by atoms with Gasteiger partial charge in [-0.1, -0.05) is 54.6 Å². The van der Waals surface area contributed by atoms with Crippen LogP contribution in [0, 0.1) is 0 Å². The molecule has 1 spiro atoms. The summed E-state index contributed by atoms with van der Waals surface area (Å²) in [6, 6.07) is 17.9. The van der Waals surface area contributed by atoms with Gasteiger partial charge in [0.2, 0.25) is 10.0 Å². The van der Waals surface area contributed by atoms with E-state index in [0.29, 0.717) is 38.8 Å². The zero-order valence-corrected chi connectivity index (χ0v) is 25.8. The van der Waals surface area contributed by atoms with Crippen molar-refractivity contribution < 1.29 is 27.4 Å². The van der Waals surface area contributed by atoms with E-state index in [1.54, 1.807) is 4.90 Å². The van der Waals surface area contributed by atoms with E-state index in [-0.39, 0.29) is 18.5 Å². The molecule has 8 nitrogen and oxygen atoms in total. The standard InChI is InChI=1S/C33H44N2O6S/c1-32(2,3)41-31(36)35-21-9-19-33(20-10-22-42(37,38)34-33)30(35)24-39-27-17-15-26(16-18-27)28-13-7-8-14-29(28)40-23-25-11-5-4-6-12-25/h4-8,11-15,27,30,34H,9-10,16-24H2,1-3H3. The number of carbonyl (C=O) groups is 1. The molecule has 228 valence electrons. The lowest BCUT2D eigenvalue weighted by Gasteiger charge is -2.51. The number of benzene rings is 2. The van der Waals surface area contributed by atoms with Crippen LogP contribution in [0.1, 0.15) is 76.8 Å². The van der Waals surface area contributed by atoms with Crippen molar-refractivity contribution in [3.63, 3.8) is 0 Å². The second kappa shape index (κ2) is 12.8. The molecular weight excluding hydrogens is 552 g/mol. The number of carbonyl (C=O) groups excluding carboxylic acids is 1. The van der Waals surface area contributed by atoms with Crippen LogP contribution < -0.4 is 9.46 Å². The van der Waals surface area contributed by atoms with Gasteiger partial charge in [-0.15, -0.1) is 0 Å². The quantitative estimate of drug-likeness (QED) is 0.417. The minimum atomic E-state index is -3.42. The fourth-order valence-electron chi connectivity index (χ4n) is 6.40. The lowest BCUT2D eigenvalue weighted by molar-refractivity contribution is -0.0528. The number of nitrogens with zero attached hydrogens (tertiary/aromatic N) is 1. The molecule has 5 rings (SSSR count). The fourth-order valence-corrected chi connectivity index (χ4v) is 7.99. The van der Waals surface area contributed by atoms with Crippen molar-refractivity contribution in [1.29, 1.82) is 0 Å². The second-order valence-corrected chi connectivity index (χ2v) is 14.5. The summed E-state index contributed by atoms with van der Waals surface area (Å²) in [7, 11) is -3.42. The summed E-state index contributed by atoms with van der Waals surface area (Å²) in [5.74, 6) is 0.982. The number of amides is 1. The van der Waals surface area contributed by atoms with Crippen LogP contribution in [0.25, 0.3) is 5.57 Å². The Kier molecular flexibility index (Phi) is 9.30. The minimum absolute atomic E-state index is 0.0224. The molecule has 2 heterocycles. The highest BCUT2D eigenvalue weighted by Gasteiger charge is 2.51. The maximum absolute atomic E-state index is 13.3. The van der Waals surface area contributed by atoms with Crippen LogP contribution in [0.15, 0.2) is 60.7 Å². The maximum Gasteiger partial charge on any atom is 0.410 e. The molecule has 0 aromatic heterocycles. The molecule has 2 aliphatic heterocycles. The zero-order valence-electron chi connectivity index (χ0n) is 25.0. The Hall–Kier alpha value is -2.88. The predicted molar refractivity (Wildman–Crippen MR) is 164 cm³/mol. The van der Waals surface area contributed by atoms with Crippen molar-refractivity contribution in [2.45, 2.75) is 95.6 Å². The van der Waals surface area contributed by atoms with Gasteiger partial charge >= 0.3 is 6.09 Å². The largest absolute Gasteiger partial charge is 0.488 e. The molecule has 3 aliphatic rings. The van der Waals surface area contributed by atoms with Crippen molar-refractivity contribution >= 4 is 21.7 Å². The molecule has 1 aliphatic carbocycles. The van der Waals surface area contributed by atoms with E-state index in [2.05, 4.69) is 29.0 Å². The maximum atomic E-state index is 13.3. The number of sulfonamides is 1. The third-order valence-electron chi connectivity index (χ3n) is 8.38. The lowest BCUT2D eigenvalue weighted by Crippen LogP contribution is -2.69. The molecular formula is C33H44N2O6S. The number of hydrogen-bond donors (Lipinski definition) is 1. The smallest absolute Gasteiger partial charge is 0.410 e. The molecule has 3 atom stereocenters. The Labute approximate surface area is 250 Å². The first-order valence-electron chi connectivity index (χ1n) is 15.1. The normalized spacial score (nSPS) is 26.0. The molecule has 2 fully saturated rings. The van der Waals surface area contributed by atoms with Crippen molar-refractivity contribution in [3.8, 4) is 5.75 Å². The van der Waals surface area contributed by atoms with Gasteiger partial charge in [0.05, 0.1) is 30.0 Å². The molecule has 1 amide bonds. The number of piperidine rings is 1. The van der Waals surface area contributed by atoms with Crippen LogP contribution in [-0.4, -0.2) is 61.6 Å². The molecule has 9 heteroatoms. The van der Waals surface area contributed by atoms with Crippen molar-refractivity contribution in [2.24, 2.45) is 0 Å². The summed E-state index contributed by atoms with van der Waals surface area (Å²) in [6.45, 7) is 6.81. The molecule has 42 heavy (non-hydrogen) atoms. The Morgan fingerprint density at radius 1 is 1.05 bits per heavy atom. The SMILES string of the molecule is CC(C)(C)OC(=O)N1CCCC2(CCCS(=O)(=O)N2)C1COC1CC=C(c2ccccc2OCc2ccccc2)CC1. The second-order valence-electron chi connectivity index (χ2n) is 12.7. The number of ether oxygens (including phenoxy) is 3. The Bertz CT molecular complexity index is 1370. The van der Waals surface area contributed by atoms with Gasteiger partial charge in [-0.25, -0.2) is 17.9 Å². The average Bonchev–Trinajstić information content (AvgIpc) is 2.95. The van der Waals surface area contributed by atoms with E-state index in [1.165, 1.54) is 5.57 Å². The minimum Gasteiger partial charge on any atom is -0.488 e. The first-order valence-corrected chi connectivity index (χ1v) is 16.8. The van der Waals surface area contributed by atoms with Crippen LogP contribution in [0.4, 0.5) is 4.79 Å². The number of rotatable bonds is 7. The number of allylic oxidation sites excluding steroid dienone is 1. The van der Waals surface area contributed by atoms with Crippen LogP contribution in [-0.2, 0) is 26.1 Å². The van der Waals surface area contributed by atoms with Gasteiger partial charge in [-0.05, 0) is 82.9 Å². The summed E-state index contributed by atoms with van der Waals surface area (Å²) in [5, 5.41) is 0. The van der Waals surface area contributed by atoms with E-state index in [1.807, 2.05) is 57.2 Å². The topological polar surface area (TPSA) is 94.2 Å². The van der Waals surface area contributed by atoms with E-state index < -0.39 is 33.3 Å². The van der Waals surface area contributed by atoms with Gasteiger partial charge in [0.1, 0.15) is 18.0 Å². The third-order valence-corrected chi connectivity index (χ3v) is 9.93. The Morgan fingerprint density at radius 3 is 2.50 bits per heavy atom. The molecule has 2 aromatic rings. The highest BCUT2D eigenvalue weighted by Crippen LogP contribution is 2.38. The predicted octanol–water partition coefficient (Wildman–Crippen LogP) is 6.07. The summed E-state index contributed by atoms with van der Waals surface area (Å²) in [4.78, 5) is 15.0. The number of hydrogen-bond acceptors (Lipinski definition) is 6. The monoisotopic (exact) mass is 596 g/mol. The van der Waals surface area contributed by atoms with Gasteiger partial charge in [0.25, 0.3) is 0 Å². The molecule has 0 bridgehead atoms. The molecule has 1 N–H and O–H groups in total. The van der Waals surface area contributed by atoms with Crippen molar-refractivity contribution in [2.75, 3.05) is 18.9 Å². The fraction of sp³-hybridized carbons (Fsp3) is 0.545. The summed E-state index contributed by atoms with van der Waals surface area (Å²) in [6.07, 6.45) is 6.82. The van der Waals surface area contributed by atoms with E-state index in [4.69, 9.17) is 14.2 Å². The lowest BCUT2D eigenvalue weighted by atomic mass is 9.78. The summed E-state index contributed by atoms with van der Waals surface area (Å²) >= 11 is 0. The van der Waals surface area contributed by atoms with Gasteiger partial charge in [0, 0.05) is 12.1 Å². The van der Waals surface area contributed by atoms with Crippen LogP contribution in [0.5, 0.6) is 5.75 Å². The molecule has 2 aromatic carbocycles. The zero-order chi connectivity index (χ0) is 29.8. The highest BCUT2D eigenvalue weighted by atomic mass is 32.2. The summed E-state index contributed by atoms with van der Waals surface area (Å²) in [5.41, 5.74) is 2.08. The van der Waals surface area contributed by atoms with Crippen LogP contribution in [0.2, 0.25) is 0 Å². The van der Waals surface area contributed by atoms with Gasteiger partial charge in [0.15, 0.2) is 0 Å². The van der Waals surface area contributed by atoms with Crippen LogP contribution >= 0.6 is 0 Å². The number of likely N-dealkylation sites (tertiary alicyclic amines) is 1. The van der Waals surface area contributed by atoms with E-state index in [9.17, 15) is 13.2 Å². The first kappa shape index (κ1) is 30.6. The van der Waals surface area contributed by atoms with Gasteiger partial charge in [-0.2, -0.15) is 0 Å². The molecule has 3 unspecified atom stereocenters. The highest BCUT2D eigenvalue weighted by molar-refractivity contribution is 7.89. The number of nitrogens with one attached hydrogen (secondary N) is 1. The molecule has 2 saturated heterocycles. The summed E-state index contributed by atoms with van der Waals surface area (Å²) < 4.78 is 46.8. The first-order chi connectivity index (χ1) is 20.0. The van der Waals surface area contributed by atoms with Crippen molar-refractivity contribution in [1.82, 2.24) is 9.62 Å². The Balaban J connectivity index is 1.27. The van der Waals surface area contributed by atoms with Crippen molar-refractivity contribution in [3.05, 3.63) is 71.8 Å². The van der Waals surface area contributed by atoms with Gasteiger partial charge < -0.3 is 19.1 Å². The average molecular weight is 597 g/mol. The molecule has 0 radical (unpaired) electrons. The third kappa shape index (κ3) is 7.54. The Morgan fingerprint density at radius 2 is 1.79 bits per heavy atom.